The third-order valence-electron chi connectivity index (χ3n) is 13.4. The molecule has 0 aliphatic heterocycles. The smallest absolute Gasteiger partial charge is 0.222 e. The Labute approximate surface area is 400 Å². The van der Waals surface area contributed by atoms with Crippen LogP contribution in [0.15, 0.2) is 36.5 Å². The number of hydrogen-bond donors (Lipinski definition) is 4. The zero-order valence-electron chi connectivity index (χ0n) is 43.2. The summed E-state index contributed by atoms with van der Waals surface area (Å²) in [7, 11) is 0. The van der Waals surface area contributed by atoms with Crippen molar-refractivity contribution in [1.82, 2.24) is 5.32 Å². The standard InChI is InChI=1S/C59H113NO4/c1-3-5-7-9-11-13-15-17-19-21-23-24-25-26-27-28-29-30-31-32-33-34-35-36-38-40-42-44-46-48-50-52-56(62)54-59(64)60-57(55-61)58(63)53-51-49-47-45-43-41-39-37-22-20-18-16-14-12-10-8-6-4-2/h22,37,43,45,51,53,56-58,61-63H,3-21,23-36,38-42,44,46-50,52,54-55H2,1-2H3,(H,60,64)/b37-22+,45-43+,53-51+. The lowest BCUT2D eigenvalue weighted by Crippen LogP contribution is -2.45. The highest BCUT2D eigenvalue weighted by Gasteiger charge is 2.20. The van der Waals surface area contributed by atoms with Crippen LogP contribution in [0.5, 0.6) is 0 Å². The molecule has 0 aliphatic carbocycles. The number of aliphatic hydroxyl groups excluding tert-OH is 3. The summed E-state index contributed by atoms with van der Waals surface area (Å²) in [5.41, 5.74) is 0. The van der Waals surface area contributed by atoms with Gasteiger partial charge in [-0.05, 0) is 44.9 Å². The number of hydrogen-bond acceptors (Lipinski definition) is 4. The molecule has 378 valence electrons. The number of allylic oxidation sites excluding steroid dienone is 5. The van der Waals surface area contributed by atoms with Gasteiger partial charge in [-0.2, -0.15) is 0 Å². The van der Waals surface area contributed by atoms with Gasteiger partial charge in [-0.15, -0.1) is 0 Å². The maximum atomic E-state index is 12.5. The van der Waals surface area contributed by atoms with Gasteiger partial charge in [0.25, 0.3) is 0 Å². The maximum absolute atomic E-state index is 12.5. The quantitative estimate of drug-likeness (QED) is 0.0362. The van der Waals surface area contributed by atoms with Gasteiger partial charge in [0.05, 0.1) is 31.3 Å². The Morgan fingerprint density at radius 3 is 1.00 bits per heavy atom. The summed E-state index contributed by atoms with van der Waals surface area (Å²) in [5, 5.41) is 33.4. The highest BCUT2D eigenvalue weighted by atomic mass is 16.3. The van der Waals surface area contributed by atoms with Crippen molar-refractivity contribution in [2.24, 2.45) is 0 Å². The van der Waals surface area contributed by atoms with Crippen LogP contribution in [0.1, 0.15) is 309 Å². The molecular weight excluding hydrogens is 787 g/mol. The minimum atomic E-state index is -0.959. The Morgan fingerprint density at radius 2 is 0.672 bits per heavy atom. The van der Waals surface area contributed by atoms with Crippen molar-refractivity contribution in [3.63, 3.8) is 0 Å². The van der Waals surface area contributed by atoms with Gasteiger partial charge in [0, 0.05) is 0 Å². The summed E-state index contributed by atoms with van der Waals surface area (Å²) in [6.07, 6.45) is 70.6. The number of amides is 1. The van der Waals surface area contributed by atoms with E-state index in [1.54, 1.807) is 6.08 Å². The number of unbranched alkanes of at least 4 members (excludes halogenated alkanes) is 40. The van der Waals surface area contributed by atoms with E-state index in [-0.39, 0.29) is 18.9 Å². The molecule has 5 heteroatoms. The van der Waals surface area contributed by atoms with Crippen molar-refractivity contribution < 1.29 is 20.1 Å². The molecule has 3 atom stereocenters. The minimum absolute atomic E-state index is 0.00565. The molecule has 3 unspecified atom stereocenters. The highest BCUT2D eigenvalue weighted by molar-refractivity contribution is 5.76. The number of carbonyl (C=O) groups is 1. The maximum Gasteiger partial charge on any atom is 0.222 e. The molecule has 0 fully saturated rings. The first-order valence-electron chi connectivity index (χ1n) is 28.8. The van der Waals surface area contributed by atoms with E-state index < -0.39 is 18.2 Å². The summed E-state index contributed by atoms with van der Waals surface area (Å²) < 4.78 is 0. The summed E-state index contributed by atoms with van der Waals surface area (Å²) in [5.74, 6) is -0.325. The topological polar surface area (TPSA) is 89.8 Å². The zero-order valence-corrected chi connectivity index (χ0v) is 43.2. The van der Waals surface area contributed by atoms with E-state index in [1.165, 1.54) is 244 Å². The number of rotatable bonds is 53. The second-order valence-corrected chi connectivity index (χ2v) is 19.9. The van der Waals surface area contributed by atoms with E-state index in [2.05, 4.69) is 43.5 Å². The van der Waals surface area contributed by atoms with Gasteiger partial charge in [-0.3, -0.25) is 4.79 Å². The lowest BCUT2D eigenvalue weighted by Gasteiger charge is -2.21. The van der Waals surface area contributed by atoms with Gasteiger partial charge in [-0.25, -0.2) is 0 Å². The minimum Gasteiger partial charge on any atom is -0.394 e. The zero-order chi connectivity index (χ0) is 46.5. The molecule has 0 saturated heterocycles. The van der Waals surface area contributed by atoms with Gasteiger partial charge in [-0.1, -0.05) is 294 Å². The van der Waals surface area contributed by atoms with Crippen LogP contribution >= 0.6 is 0 Å². The van der Waals surface area contributed by atoms with Gasteiger partial charge >= 0.3 is 0 Å². The van der Waals surface area contributed by atoms with Gasteiger partial charge < -0.3 is 20.6 Å². The van der Waals surface area contributed by atoms with Crippen molar-refractivity contribution in [3.05, 3.63) is 36.5 Å². The second kappa shape index (κ2) is 54.2. The van der Waals surface area contributed by atoms with E-state index in [0.29, 0.717) is 6.42 Å². The second-order valence-electron chi connectivity index (χ2n) is 19.9. The Bertz CT molecular complexity index is 993. The molecule has 4 N–H and O–H groups in total. The third-order valence-corrected chi connectivity index (χ3v) is 13.4. The first-order chi connectivity index (χ1) is 31.5. The first-order valence-corrected chi connectivity index (χ1v) is 28.8. The van der Waals surface area contributed by atoms with Crippen molar-refractivity contribution in [2.45, 2.75) is 327 Å². The molecule has 0 saturated carbocycles. The number of nitrogens with one attached hydrogen (secondary N) is 1. The molecule has 0 aromatic rings. The van der Waals surface area contributed by atoms with E-state index in [4.69, 9.17) is 0 Å². The van der Waals surface area contributed by atoms with Crippen LogP contribution in [-0.2, 0) is 4.79 Å². The van der Waals surface area contributed by atoms with Gasteiger partial charge in [0.1, 0.15) is 0 Å². The molecule has 0 aliphatic rings. The lowest BCUT2D eigenvalue weighted by atomic mass is 10.0. The van der Waals surface area contributed by atoms with Crippen molar-refractivity contribution in [1.29, 1.82) is 0 Å². The fourth-order valence-electron chi connectivity index (χ4n) is 9.02. The number of carbonyl (C=O) groups excluding carboxylic acids is 1. The molecule has 0 aromatic carbocycles. The lowest BCUT2D eigenvalue weighted by molar-refractivity contribution is -0.124. The fourth-order valence-corrected chi connectivity index (χ4v) is 9.02. The van der Waals surface area contributed by atoms with E-state index >= 15 is 0 Å². The summed E-state index contributed by atoms with van der Waals surface area (Å²) in [6, 6.07) is -0.766. The molecule has 1 amide bonds. The molecular formula is C59H113NO4. The van der Waals surface area contributed by atoms with Crippen LogP contribution in [0.4, 0.5) is 0 Å². The molecule has 0 spiro atoms. The van der Waals surface area contributed by atoms with Crippen molar-refractivity contribution in [3.8, 4) is 0 Å². The van der Waals surface area contributed by atoms with Crippen LogP contribution in [0.25, 0.3) is 0 Å². The van der Waals surface area contributed by atoms with Crippen molar-refractivity contribution in [2.75, 3.05) is 6.61 Å². The number of aliphatic hydroxyl groups is 3. The van der Waals surface area contributed by atoms with Gasteiger partial charge in [0.2, 0.25) is 5.91 Å². The largest absolute Gasteiger partial charge is 0.394 e. The third kappa shape index (κ3) is 50.0. The molecule has 0 rings (SSSR count). The Hall–Kier alpha value is -1.43. The Morgan fingerprint density at radius 1 is 0.391 bits per heavy atom. The van der Waals surface area contributed by atoms with E-state index in [9.17, 15) is 20.1 Å². The SMILES string of the molecule is CCCCCCCCCC/C=C/CC/C=C/CC/C=C/C(O)C(CO)NC(=O)CC(O)CCCCCCCCCCCCCCCCCCCCCCCCCCCCCCCCC. The van der Waals surface area contributed by atoms with Crippen LogP contribution in [0.3, 0.4) is 0 Å². The summed E-state index contributed by atoms with van der Waals surface area (Å²) in [4.78, 5) is 12.5. The predicted octanol–water partition coefficient (Wildman–Crippen LogP) is 17.8. The molecule has 0 aromatic heterocycles. The van der Waals surface area contributed by atoms with Crippen LogP contribution in [0, 0.1) is 0 Å². The fraction of sp³-hybridized carbons (Fsp3) is 0.881. The highest BCUT2D eigenvalue weighted by Crippen LogP contribution is 2.18. The monoisotopic (exact) mass is 900 g/mol. The molecule has 5 nitrogen and oxygen atoms in total. The Balaban J connectivity index is 3.54. The molecule has 64 heavy (non-hydrogen) atoms. The summed E-state index contributed by atoms with van der Waals surface area (Å²) in [6.45, 7) is 4.22. The first kappa shape index (κ1) is 62.6. The van der Waals surface area contributed by atoms with Gasteiger partial charge in [0.15, 0.2) is 0 Å². The molecule has 0 radical (unpaired) electrons. The van der Waals surface area contributed by atoms with Crippen LogP contribution < -0.4 is 5.32 Å². The van der Waals surface area contributed by atoms with E-state index in [0.717, 1.165) is 38.5 Å². The molecule has 0 heterocycles. The van der Waals surface area contributed by atoms with Crippen molar-refractivity contribution >= 4 is 5.91 Å². The average molecular weight is 901 g/mol. The van der Waals surface area contributed by atoms with Crippen LogP contribution in [-0.4, -0.2) is 46.1 Å². The normalized spacial score (nSPS) is 13.5. The van der Waals surface area contributed by atoms with Crippen LogP contribution in [0.2, 0.25) is 0 Å². The Kier molecular flexibility index (Phi) is 53.0. The average Bonchev–Trinajstić information content (AvgIpc) is 3.29. The predicted molar refractivity (Wildman–Crippen MR) is 282 cm³/mol. The molecule has 0 bridgehead atoms. The summed E-state index contributed by atoms with van der Waals surface area (Å²) >= 11 is 0. The van der Waals surface area contributed by atoms with E-state index in [1.807, 2.05) is 6.08 Å².